The largest absolute Gasteiger partial charge is 0.350 e. The topological polar surface area (TPSA) is 31.4 Å². The fourth-order valence-corrected chi connectivity index (χ4v) is 1.90. The van der Waals surface area contributed by atoms with Crippen LogP contribution in [0.25, 0.3) is 0 Å². The maximum absolute atomic E-state index is 5.88. The molecule has 82 valence electrons. The lowest BCUT2D eigenvalue weighted by atomic mass is 10.0. The van der Waals surface area contributed by atoms with E-state index in [1.807, 2.05) is 33.0 Å². The molecule has 15 heavy (non-hydrogen) atoms. The summed E-state index contributed by atoms with van der Waals surface area (Å²) < 4.78 is 11.4. The van der Waals surface area contributed by atoms with E-state index < -0.39 is 5.79 Å². The summed E-state index contributed by atoms with van der Waals surface area (Å²) in [6.45, 7) is 6.66. The van der Waals surface area contributed by atoms with Gasteiger partial charge in [-0.2, -0.15) is 0 Å². The molecule has 2 rings (SSSR count). The summed E-state index contributed by atoms with van der Waals surface area (Å²) in [4.78, 5) is 4.28. The third kappa shape index (κ3) is 2.36. The van der Waals surface area contributed by atoms with Gasteiger partial charge >= 0.3 is 0 Å². The normalized spacial score (nSPS) is 25.1. The fraction of sp³-hybridized carbons (Fsp3) is 0.583. The van der Waals surface area contributed by atoms with E-state index in [1.165, 1.54) is 5.56 Å². The minimum atomic E-state index is -0.481. The van der Waals surface area contributed by atoms with Crippen molar-refractivity contribution in [1.82, 2.24) is 4.98 Å². The van der Waals surface area contributed by atoms with Gasteiger partial charge in [0, 0.05) is 23.9 Å². The first-order valence-corrected chi connectivity index (χ1v) is 5.32. The van der Waals surface area contributed by atoms with Crippen molar-refractivity contribution in [1.29, 1.82) is 0 Å². The SMILES string of the molecule is Cc1ncccc1C1CCOC(C)(C)O1. The van der Waals surface area contributed by atoms with E-state index in [9.17, 15) is 0 Å². The van der Waals surface area contributed by atoms with Crippen molar-refractivity contribution in [3.8, 4) is 0 Å². The van der Waals surface area contributed by atoms with Crippen molar-refractivity contribution in [3.63, 3.8) is 0 Å². The van der Waals surface area contributed by atoms with Crippen molar-refractivity contribution in [2.75, 3.05) is 6.61 Å². The summed E-state index contributed by atoms with van der Waals surface area (Å²) in [5.41, 5.74) is 2.22. The van der Waals surface area contributed by atoms with Crippen LogP contribution in [0.4, 0.5) is 0 Å². The Labute approximate surface area is 90.4 Å². The van der Waals surface area contributed by atoms with Gasteiger partial charge in [-0.3, -0.25) is 4.98 Å². The summed E-state index contributed by atoms with van der Waals surface area (Å²) in [5.74, 6) is -0.481. The molecule has 1 atom stereocenters. The average molecular weight is 207 g/mol. The predicted octanol–water partition coefficient (Wildman–Crippen LogP) is 2.60. The van der Waals surface area contributed by atoms with Gasteiger partial charge in [0.1, 0.15) is 0 Å². The van der Waals surface area contributed by atoms with Gasteiger partial charge < -0.3 is 9.47 Å². The summed E-state index contributed by atoms with van der Waals surface area (Å²) in [6, 6.07) is 4.03. The van der Waals surface area contributed by atoms with Crippen LogP contribution in [0.5, 0.6) is 0 Å². The van der Waals surface area contributed by atoms with Crippen LogP contribution >= 0.6 is 0 Å². The number of aryl methyl sites for hydroxylation is 1. The first-order chi connectivity index (χ1) is 7.08. The minimum Gasteiger partial charge on any atom is -0.350 e. The molecule has 1 saturated heterocycles. The third-order valence-electron chi connectivity index (χ3n) is 2.65. The fourth-order valence-electron chi connectivity index (χ4n) is 1.90. The van der Waals surface area contributed by atoms with E-state index in [0.29, 0.717) is 0 Å². The lowest BCUT2D eigenvalue weighted by Gasteiger charge is -2.36. The van der Waals surface area contributed by atoms with Gasteiger partial charge in [-0.15, -0.1) is 0 Å². The summed E-state index contributed by atoms with van der Waals surface area (Å²) >= 11 is 0. The Bertz CT molecular complexity index is 349. The highest BCUT2D eigenvalue weighted by atomic mass is 16.7. The molecule has 3 heteroatoms. The molecule has 1 aliphatic rings. The highest BCUT2D eigenvalue weighted by molar-refractivity contribution is 5.21. The molecule has 1 fully saturated rings. The second kappa shape index (κ2) is 3.91. The van der Waals surface area contributed by atoms with E-state index in [-0.39, 0.29) is 6.10 Å². The summed E-state index contributed by atoms with van der Waals surface area (Å²) in [7, 11) is 0. The van der Waals surface area contributed by atoms with E-state index >= 15 is 0 Å². The molecule has 0 spiro atoms. The Kier molecular flexibility index (Phi) is 2.76. The van der Waals surface area contributed by atoms with Crippen LogP contribution in [0, 0.1) is 6.92 Å². The molecule has 0 aromatic carbocycles. The van der Waals surface area contributed by atoms with Crippen molar-refractivity contribution in [2.24, 2.45) is 0 Å². The maximum atomic E-state index is 5.88. The molecule has 0 N–H and O–H groups in total. The van der Waals surface area contributed by atoms with Crippen LogP contribution in [-0.4, -0.2) is 17.4 Å². The standard InChI is InChI=1S/C12H17NO2/c1-9-10(5-4-7-13-9)11-6-8-14-12(2,3)15-11/h4-5,7,11H,6,8H2,1-3H3. The Morgan fingerprint density at radius 3 is 2.93 bits per heavy atom. The van der Waals surface area contributed by atoms with Crippen molar-refractivity contribution in [2.45, 2.75) is 39.1 Å². The number of hydrogen-bond donors (Lipinski definition) is 0. The van der Waals surface area contributed by atoms with Gasteiger partial charge in [-0.25, -0.2) is 0 Å². The first kappa shape index (κ1) is 10.6. The van der Waals surface area contributed by atoms with Gasteiger partial charge in [-0.05, 0) is 26.8 Å². The summed E-state index contributed by atoms with van der Waals surface area (Å²) in [5, 5.41) is 0. The van der Waals surface area contributed by atoms with E-state index in [0.717, 1.165) is 18.7 Å². The van der Waals surface area contributed by atoms with Crippen LogP contribution in [0.15, 0.2) is 18.3 Å². The molecule has 1 aliphatic heterocycles. The highest BCUT2D eigenvalue weighted by Crippen LogP contribution is 2.33. The zero-order valence-corrected chi connectivity index (χ0v) is 9.49. The molecule has 1 aromatic heterocycles. The molecule has 0 radical (unpaired) electrons. The molecule has 0 amide bonds. The first-order valence-electron chi connectivity index (χ1n) is 5.32. The maximum Gasteiger partial charge on any atom is 0.163 e. The molecule has 0 bridgehead atoms. The van der Waals surface area contributed by atoms with Crippen LogP contribution in [0.2, 0.25) is 0 Å². The van der Waals surface area contributed by atoms with Crippen LogP contribution in [-0.2, 0) is 9.47 Å². The Morgan fingerprint density at radius 1 is 1.47 bits per heavy atom. The van der Waals surface area contributed by atoms with Gasteiger partial charge in [0.05, 0.1) is 12.7 Å². The quantitative estimate of drug-likeness (QED) is 0.709. The molecule has 1 aromatic rings. The number of hydrogen-bond acceptors (Lipinski definition) is 3. The van der Waals surface area contributed by atoms with Gasteiger partial charge in [0.25, 0.3) is 0 Å². The van der Waals surface area contributed by atoms with Crippen LogP contribution < -0.4 is 0 Å². The molecule has 2 heterocycles. The van der Waals surface area contributed by atoms with Crippen molar-refractivity contribution in [3.05, 3.63) is 29.6 Å². The summed E-state index contributed by atoms with van der Waals surface area (Å²) in [6.07, 6.45) is 2.82. The average Bonchev–Trinajstić information content (AvgIpc) is 2.17. The van der Waals surface area contributed by atoms with Crippen LogP contribution in [0.3, 0.4) is 0 Å². The third-order valence-corrected chi connectivity index (χ3v) is 2.65. The number of pyridine rings is 1. The number of rotatable bonds is 1. The number of aromatic nitrogens is 1. The zero-order chi connectivity index (χ0) is 10.9. The predicted molar refractivity (Wildman–Crippen MR) is 57.4 cm³/mol. The van der Waals surface area contributed by atoms with Gasteiger partial charge in [-0.1, -0.05) is 6.07 Å². The van der Waals surface area contributed by atoms with E-state index in [4.69, 9.17) is 9.47 Å². The lowest BCUT2D eigenvalue weighted by molar-refractivity contribution is -0.275. The van der Waals surface area contributed by atoms with Gasteiger partial charge in [0.2, 0.25) is 0 Å². The number of ether oxygens (including phenoxy) is 2. The minimum absolute atomic E-state index is 0.113. The van der Waals surface area contributed by atoms with Crippen molar-refractivity contribution < 1.29 is 9.47 Å². The van der Waals surface area contributed by atoms with E-state index in [2.05, 4.69) is 11.1 Å². The van der Waals surface area contributed by atoms with Crippen molar-refractivity contribution >= 4 is 0 Å². The monoisotopic (exact) mass is 207 g/mol. The molecule has 3 nitrogen and oxygen atoms in total. The smallest absolute Gasteiger partial charge is 0.163 e. The molecule has 1 unspecified atom stereocenters. The van der Waals surface area contributed by atoms with Gasteiger partial charge in [0.15, 0.2) is 5.79 Å². The number of nitrogens with zero attached hydrogens (tertiary/aromatic N) is 1. The second-order valence-corrected chi connectivity index (χ2v) is 4.32. The molecular formula is C12H17NO2. The van der Waals surface area contributed by atoms with Crippen LogP contribution in [0.1, 0.15) is 37.6 Å². The highest BCUT2D eigenvalue weighted by Gasteiger charge is 2.30. The molecule has 0 aliphatic carbocycles. The Hall–Kier alpha value is -0.930. The zero-order valence-electron chi connectivity index (χ0n) is 9.49. The molecular weight excluding hydrogens is 190 g/mol. The lowest BCUT2D eigenvalue weighted by Crippen LogP contribution is -2.36. The molecule has 0 saturated carbocycles. The van der Waals surface area contributed by atoms with E-state index in [1.54, 1.807) is 0 Å². The second-order valence-electron chi connectivity index (χ2n) is 4.32. The Morgan fingerprint density at radius 2 is 2.27 bits per heavy atom. The Balaban J connectivity index is 2.21.